The van der Waals surface area contributed by atoms with Crippen LogP contribution in [-0.4, -0.2) is 66.3 Å². The first-order chi connectivity index (χ1) is 14.6. The molecule has 2 aliphatic heterocycles. The van der Waals surface area contributed by atoms with Gasteiger partial charge in [-0.1, -0.05) is 24.7 Å². The molecule has 2 aliphatic rings. The highest BCUT2D eigenvalue weighted by atomic mass is 32.1. The Hall–Kier alpha value is -1.58. The zero-order valence-electron chi connectivity index (χ0n) is 18.1. The third-order valence-electron chi connectivity index (χ3n) is 5.98. The number of carbonyl (C=O) groups excluding carboxylic acids is 2. The summed E-state index contributed by atoms with van der Waals surface area (Å²) in [6.45, 7) is 7.58. The molecule has 30 heavy (non-hydrogen) atoms. The van der Waals surface area contributed by atoms with Crippen molar-refractivity contribution in [1.82, 2.24) is 20.4 Å². The highest BCUT2D eigenvalue weighted by Crippen LogP contribution is 2.32. The fourth-order valence-electron chi connectivity index (χ4n) is 4.19. The Morgan fingerprint density at radius 1 is 1.10 bits per heavy atom. The largest absolute Gasteiger partial charge is 0.381 e. The quantitative estimate of drug-likeness (QED) is 0.584. The molecule has 1 aromatic heterocycles. The van der Waals surface area contributed by atoms with E-state index in [0.717, 1.165) is 63.5 Å². The summed E-state index contributed by atoms with van der Waals surface area (Å²) in [7, 11) is 0. The number of aryl methyl sites for hydroxylation is 1. The van der Waals surface area contributed by atoms with Gasteiger partial charge in [-0.2, -0.15) is 0 Å². The molecule has 3 heterocycles. The molecule has 0 radical (unpaired) electrons. The minimum absolute atomic E-state index is 0.0707. The summed E-state index contributed by atoms with van der Waals surface area (Å²) in [6.07, 6.45) is 7.99. The molecule has 0 saturated carbocycles. The summed E-state index contributed by atoms with van der Waals surface area (Å²) in [5, 5.41) is 15.3. The van der Waals surface area contributed by atoms with Gasteiger partial charge in [0.05, 0.1) is 0 Å². The van der Waals surface area contributed by atoms with Crippen LogP contribution in [0.15, 0.2) is 0 Å². The first-order valence-electron chi connectivity index (χ1n) is 11.3. The molecule has 168 valence electrons. The first-order valence-corrected chi connectivity index (χ1v) is 12.1. The van der Waals surface area contributed by atoms with Gasteiger partial charge in [0.15, 0.2) is 0 Å². The standard InChI is InChI=1S/C21H35N5O3S/c1-2-6-19-24-25-20(30-19)23-18(28)8-7-17(27)22-15-21(9-13-29-14-10-21)16-26-11-4-3-5-12-26/h2-16H2,1H3,(H,22,27)(H,23,25,28). The van der Waals surface area contributed by atoms with Crippen molar-refractivity contribution in [3.05, 3.63) is 5.01 Å². The lowest BCUT2D eigenvalue weighted by Crippen LogP contribution is -2.49. The Morgan fingerprint density at radius 2 is 1.83 bits per heavy atom. The van der Waals surface area contributed by atoms with Crippen LogP contribution in [0.5, 0.6) is 0 Å². The number of amides is 2. The van der Waals surface area contributed by atoms with E-state index in [1.54, 1.807) is 0 Å². The van der Waals surface area contributed by atoms with Gasteiger partial charge in [0.2, 0.25) is 16.9 Å². The number of hydrogen-bond acceptors (Lipinski definition) is 7. The number of hydrogen-bond donors (Lipinski definition) is 2. The van der Waals surface area contributed by atoms with Gasteiger partial charge in [-0.3, -0.25) is 9.59 Å². The van der Waals surface area contributed by atoms with E-state index in [9.17, 15) is 9.59 Å². The van der Waals surface area contributed by atoms with Gasteiger partial charge in [-0.25, -0.2) is 0 Å². The number of likely N-dealkylation sites (tertiary alicyclic amines) is 1. The Bertz CT molecular complexity index is 684. The highest BCUT2D eigenvalue weighted by molar-refractivity contribution is 7.15. The summed E-state index contributed by atoms with van der Waals surface area (Å²) in [6, 6.07) is 0. The molecular weight excluding hydrogens is 402 g/mol. The predicted molar refractivity (Wildman–Crippen MR) is 118 cm³/mol. The van der Waals surface area contributed by atoms with E-state index in [1.165, 1.54) is 30.6 Å². The van der Waals surface area contributed by atoms with Crippen molar-refractivity contribution >= 4 is 28.3 Å². The minimum Gasteiger partial charge on any atom is -0.381 e. The summed E-state index contributed by atoms with van der Waals surface area (Å²) in [5.74, 6) is -0.267. The van der Waals surface area contributed by atoms with Crippen molar-refractivity contribution in [2.75, 3.05) is 44.7 Å². The lowest BCUT2D eigenvalue weighted by molar-refractivity contribution is -0.125. The SMILES string of the molecule is CCCc1nnc(NC(=O)CCC(=O)NCC2(CN3CCCCC3)CCOCC2)s1. The van der Waals surface area contributed by atoms with E-state index in [2.05, 4.69) is 32.7 Å². The van der Waals surface area contributed by atoms with Gasteiger partial charge in [0, 0.05) is 51.0 Å². The Balaban J connectivity index is 1.41. The number of ether oxygens (including phenoxy) is 1. The molecule has 2 saturated heterocycles. The summed E-state index contributed by atoms with van der Waals surface area (Å²) in [4.78, 5) is 27.1. The number of nitrogens with one attached hydrogen (secondary N) is 2. The zero-order chi connectivity index (χ0) is 21.2. The molecule has 0 aromatic carbocycles. The fourth-order valence-corrected chi connectivity index (χ4v) is 5.05. The molecule has 8 nitrogen and oxygen atoms in total. The smallest absolute Gasteiger partial charge is 0.226 e. The van der Waals surface area contributed by atoms with Crippen LogP contribution in [0.2, 0.25) is 0 Å². The van der Waals surface area contributed by atoms with Gasteiger partial charge in [0.25, 0.3) is 0 Å². The number of nitrogens with zero attached hydrogens (tertiary/aromatic N) is 3. The zero-order valence-corrected chi connectivity index (χ0v) is 18.9. The monoisotopic (exact) mass is 437 g/mol. The fraction of sp³-hybridized carbons (Fsp3) is 0.810. The molecule has 9 heteroatoms. The third kappa shape index (κ3) is 7.28. The maximum atomic E-state index is 12.4. The Labute approximate surface area is 183 Å². The van der Waals surface area contributed by atoms with E-state index >= 15 is 0 Å². The maximum Gasteiger partial charge on any atom is 0.226 e. The van der Waals surface area contributed by atoms with Gasteiger partial charge in [-0.05, 0) is 45.2 Å². The van der Waals surface area contributed by atoms with E-state index in [1.807, 2.05) is 0 Å². The molecule has 0 bridgehead atoms. The molecule has 1 aromatic rings. The topological polar surface area (TPSA) is 96.5 Å². The average Bonchev–Trinajstić information content (AvgIpc) is 3.19. The van der Waals surface area contributed by atoms with Crippen molar-refractivity contribution in [2.45, 2.75) is 64.7 Å². The van der Waals surface area contributed by atoms with Gasteiger partial charge in [-0.15, -0.1) is 10.2 Å². The Morgan fingerprint density at radius 3 is 2.57 bits per heavy atom. The molecule has 0 unspecified atom stereocenters. The number of rotatable bonds is 10. The number of anilines is 1. The predicted octanol–water partition coefficient (Wildman–Crippen LogP) is 2.61. The normalized spacial score (nSPS) is 19.4. The van der Waals surface area contributed by atoms with Crippen LogP contribution in [0.25, 0.3) is 0 Å². The molecule has 2 N–H and O–H groups in total. The minimum atomic E-state index is -0.196. The van der Waals surface area contributed by atoms with E-state index in [0.29, 0.717) is 11.7 Å². The van der Waals surface area contributed by atoms with Crippen LogP contribution in [0.1, 0.15) is 63.3 Å². The molecule has 0 atom stereocenters. The molecule has 0 aliphatic carbocycles. The summed E-state index contributed by atoms with van der Waals surface area (Å²) < 4.78 is 5.58. The number of piperidine rings is 1. The maximum absolute atomic E-state index is 12.4. The van der Waals surface area contributed by atoms with Gasteiger partial charge >= 0.3 is 0 Å². The molecular formula is C21H35N5O3S. The van der Waals surface area contributed by atoms with Crippen molar-refractivity contribution in [1.29, 1.82) is 0 Å². The van der Waals surface area contributed by atoms with Crippen molar-refractivity contribution in [3.8, 4) is 0 Å². The molecule has 2 fully saturated rings. The van der Waals surface area contributed by atoms with Crippen molar-refractivity contribution in [3.63, 3.8) is 0 Å². The number of aromatic nitrogens is 2. The second kappa shape index (κ2) is 11.7. The van der Waals surface area contributed by atoms with Crippen LogP contribution in [0, 0.1) is 5.41 Å². The molecule has 2 amide bonds. The Kier molecular flexibility index (Phi) is 9.02. The second-order valence-electron chi connectivity index (χ2n) is 8.53. The van der Waals surface area contributed by atoms with Crippen LogP contribution >= 0.6 is 11.3 Å². The summed E-state index contributed by atoms with van der Waals surface area (Å²) >= 11 is 1.39. The van der Waals surface area contributed by atoms with E-state index in [4.69, 9.17) is 4.74 Å². The second-order valence-corrected chi connectivity index (χ2v) is 9.59. The molecule has 3 rings (SSSR count). The third-order valence-corrected chi connectivity index (χ3v) is 6.88. The highest BCUT2D eigenvalue weighted by Gasteiger charge is 2.35. The van der Waals surface area contributed by atoms with Gasteiger partial charge < -0.3 is 20.3 Å². The van der Waals surface area contributed by atoms with Crippen molar-refractivity contribution in [2.24, 2.45) is 5.41 Å². The van der Waals surface area contributed by atoms with Gasteiger partial charge in [0.1, 0.15) is 5.01 Å². The van der Waals surface area contributed by atoms with Crippen LogP contribution in [0.4, 0.5) is 5.13 Å². The van der Waals surface area contributed by atoms with E-state index in [-0.39, 0.29) is 30.1 Å². The van der Waals surface area contributed by atoms with Crippen LogP contribution in [-0.2, 0) is 20.7 Å². The van der Waals surface area contributed by atoms with Crippen LogP contribution in [0.3, 0.4) is 0 Å². The summed E-state index contributed by atoms with van der Waals surface area (Å²) in [5.41, 5.74) is 0.0791. The van der Waals surface area contributed by atoms with Crippen molar-refractivity contribution < 1.29 is 14.3 Å². The lowest BCUT2D eigenvalue weighted by Gasteiger charge is -2.42. The first kappa shape index (κ1) is 23.1. The molecule has 0 spiro atoms. The van der Waals surface area contributed by atoms with Crippen LogP contribution < -0.4 is 10.6 Å². The average molecular weight is 438 g/mol. The van der Waals surface area contributed by atoms with E-state index < -0.39 is 0 Å². The number of carbonyl (C=O) groups is 2. The lowest BCUT2D eigenvalue weighted by atomic mass is 9.79.